The number of amides is 2. The van der Waals surface area contributed by atoms with E-state index >= 15 is 0 Å². The van der Waals surface area contributed by atoms with Gasteiger partial charge in [0.1, 0.15) is 5.01 Å². The van der Waals surface area contributed by atoms with Gasteiger partial charge in [-0.25, -0.2) is 0 Å². The topological polar surface area (TPSA) is 75.2 Å². The van der Waals surface area contributed by atoms with Gasteiger partial charge >= 0.3 is 0 Å². The molecule has 2 aromatic heterocycles. The highest BCUT2D eigenvalue weighted by Crippen LogP contribution is 2.44. The number of benzene rings is 1. The van der Waals surface area contributed by atoms with Crippen LogP contribution < -0.4 is 10.2 Å². The van der Waals surface area contributed by atoms with E-state index in [0.717, 1.165) is 34.0 Å². The molecule has 2 aliphatic rings. The number of anilines is 2. The highest BCUT2D eigenvalue weighted by atomic mass is 32.1. The highest BCUT2D eigenvalue weighted by Gasteiger charge is 2.42. The Hall–Kier alpha value is -2.58. The summed E-state index contributed by atoms with van der Waals surface area (Å²) >= 11 is 3.04. The highest BCUT2D eigenvalue weighted by molar-refractivity contribution is 7.15. The normalized spacial score (nSPS) is 21.6. The van der Waals surface area contributed by atoms with Crippen LogP contribution in [0, 0.1) is 12.8 Å². The van der Waals surface area contributed by atoms with Crippen LogP contribution in [0.2, 0.25) is 0 Å². The van der Waals surface area contributed by atoms with Crippen LogP contribution in [0.1, 0.15) is 53.1 Å². The summed E-state index contributed by atoms with van der Waals surface area (Å²) < 4.78 is 0. The van der Waals surface area contributed by atoms with Gasteiger partial charge < -0.3 is 10.2 Å². The number of nitrogens with zero attached hydrogens (tertiary/aromatic N) is 3. The van der Waals surface area contributed by atoms with Gasteiger partial charge in [-0.2, -0.15) is 0 Å². The zero-order valence-electron chi connectivity index (χ0n) is 16.6. The maximum atomic E-state index is 13.3. The fourth-order valence-electron chi connectivity index (χ4n) is 3.94. The first-order valence-corrected chi connectivity index (χ1v) is 11.9. The molecule has 5 rings (SSSR count). The molecule has 1 aromatic carbocycles. The van der Waals surface area contributed by atoms with Crippen molar-refractivity contribution >= 4 is 45.3 Å². The minimum atomic E-state index is -0.351. The second kappa shape index (κ2) is 7.92. The maximum Gasteiger partial charge on any atom is 0.231 e. The van der Waals surface area contributed by atoms with E-state index in [2.05, 4.69) is 15.5 Å². The van der Waals surface area contributed by atoms with Gasteiger partial charge in [0.05, 0.1) is 12.0 Å². The van der Waals surface area contributed by atoms with Crippen LogP contribution >= 0.6 is 22.7 Å². The van der Waals surface area contributed by atoms with Crippen molar-refractivity contribution in [1.82, 2.24) is 10.2 Å². The van der Waals surface area contributed by atoms with E-state index in [-0.39, 0.29) is 23.8 Å². The molecule has 30 heavy (non-hydrogen) atoms. The molecule has 2 atom stereocenters. The third-order valence-corrected chi connectivity index (χ3v) is 7.62. The van der Waals surface area contributed by atoms with Crippen molar-refractivity contribution in [2.75, 3.05) is 10.2 Å². The van der Waals surface area contributed by atoms with Crippen molar-refractivity contribution in [3.63, 3.8) is 0 Å². The second-order valence-corrected chi connectivity index (χ2v) is 9.90. The first-order valence-electron chi connectivity index (χ1n) is 10.2. The molecule has 2 unspecified atom stereocenters. The lowest BCUT2D eigenvalue weighted by Crippen LogP contribution is -2.46. The van der Waals surface area contributed by atoms with Gasteiger partial charge in [0.15, 0.2) is 0 Å². The van der Waals surface area contributed by atoms with E-state index in [1.807, 2.05) is 48.7 Å². The molecule has 2 fully saturated rings. The van der Waals surface area contributed by atoms with Gasteiger partial charge in [0.25, 0.3) is 0 Å². The SMILES string of the molecule is Cc1ccc(N2C(=O)CCC(C(=O)Nc3nnc(C4CC4)s3)C2c2cccs2)cc1. The Kier molecular flexibility index (Phi) is 5.12. The summed E-state index contributed by atoms with van der Waals surface area (Å²) in [6.07, 6.45) is 3.17. The average Bonchev–Trinajstić information content (AvgIpc) is 3.24. The molecule has 6 nitrogen and oxygen atoms in total. The van der Waals surface area contributed by atoms with E-state index in [1.54, 1.807) is 16.2 Å². The predicted molar refractivity (Wildman–Crippen MR) is 119 cm³/mol. The molecule has 1 aliphatic carbocycles. The molecule has 3 heterocycles. The number of rotatable bonds is 5. The van der Waals surface area contributed by atoms with Gasteiger partial charge in [0, 0.05) is 22.9 Å². The summed E-state index contributed by atoms with van der Waals surface area (Å²) in [6.45, 7) is 2.02. The van der Waals surface area contributed by atoms with Crippen molar-refractivity contribution in [2.45, 2.75) is 44.6 Å². The lowest BCUT2D eigenvalue weighted by atomic mass is 9.86. The Labute approximate surface area is 183 Å². The molecule has 154 valence electrons. The minimum Gasteiger partial charge on any atom is -0.303 e. The number of hydrogen-bond acceptors (Lipinski definition) is 6. The molecule has 0 radical (unpaired) electrons. The van der Waals surface area contributed by atoms with Crippen LogP contribution in [-0.4, -0.2) is 22.0 Å². The van der Waals surface area contributed by atoms with Crippen LogP contribution in [0.25, 0.3) is 0 Å². The lowest BCUT2D eigenvalue weighted by Gasteiger charge is -2.40. The summed E-state index contributed by atoms with van der Waals surface area (Å²) in [5.74, 6) is 0.108. The third-order valence-electron chi connectivity index (χ3n) is 5.68. The third kappa shape index (κ3) is 3.77. The number of nitrogens with one attached hydrogen (secondary N) is 1. The van der Waals surface area contributed by atoms with Gasteiger partial charge in [-0.1, -0.05) is 35.1 Å². The number of aryl methyl sites for hydroxylation is 1. The molecule has 0 bridgehead atoms. The summed E-state index contributed by atoms with van der Waals surface area (Å²) in [5, 5.41) is 14.9. The molecule has 0 spiro atoms. The number of carbonyl (C=O) groups excluding carboxylic acids is 2. The summed E-state index contributed by atoms with van der Waals surface area (Å²) in [6, 6.07) is 11.6. The number of hydrogen-bond donors (Lipinski definition) is 1. The van der Waals surface area contributed by atoms with Crippen molar-refractivity contribution in [1.29, 1.82) is 0 Å². The summed E-state index contributed by atoms with van der Waals surface area (Å²) in [4.78, 5) is 29.1. The van der Waals surface area contributed by atoms with Crippen LogP contribution in [-0.2, 0) is 9.59 Å². The van der Waals surface area contributed by atoms with E-state index in [4.69, 9.17) is 0 Å². The molecule has 2 amide bonds. The molecular weight excluding hydrogens is 416 g/mol. The first-order chi connectivity index (χ1) is 14.6. The van der Waals surface area contributed by atoms with Gasteiger partial charge in [0.2, 0.25) is 16.9 Å². The fraction of sp³-hybridized carbons (Fsp3) is 0.364. The number of aromatic nitrogens is 2. The Balaban J connectivity index is 1.45. The van der Waals surface area contributed by atoms with Crippen LogP contribution in [0.4, 0.5) is 10.8 Å². The first kappa shape index (κ1) is 19.4. The molecule has 8 heteroatoms. The smallest absolute Gasteiger partial charge is 0.231 e. The van der Waals surface area contributed by atoms with E-state index in [0.29, 0.717) is 23.9 Å². The van der Waals surface area contributed by atoms with Crippen molar-refractivity contribution in [3.8, 4) is 0 Å². The van der Waals surface area contributed by atoms with E-state index in [9.17, 15) is 9.59 Å². The Bertz CT molecular complexity index is 1060. The molecule has 1 saturated carbocycles. The van der Waals surface area contributed by atoms with Crippen molar-refractivity contribution in [2.24, 2.45) is 5.92 Å². The summed E-state index contributed by atoms with van der Waals surface area (Å²) in [5.41, 5.74) is 1.96. The minimum absolute atomic E-state index is 0.0493. The lowest BCUT2D eigenvalue weighted by molar-refractivity contribution is -0.125. The molecule has 1 saturated heterocycles. The zero-order valence-corrected chi connectivity index (χ0v) is 18.2. The molecular formula is C22H22N4O2S2. The zero-order chi connectivity index (χ0) is 20.7. The maximum absolute atomic E-state index is 13.3. The second-order valence-electron chi connectivity index (χ2n) is 7.91. The number of piperidine rings is 1. The van der Waals surface area contributed by atoms with Crippen LogP contribution in [0.15, 0.2) is 41.8 Å². The quantitative estimate of drug-likeness (QED) is 0.614. The average molecular weight is 439 g/mol. The van der Waals surface area contributed by atoms with Gasteiger partial charge in [-0.3, -0.25) is 9.59 Å². The van der Waals surface area contributed by atoms with Crippen LogP contribution in [0.3, 0.4) is 0 Å². The van der Waals surface area contributed by atoms with Crippen LogP contribution in [0.5, 0.6) is 0 Å². The Morgan fingerprint density at radius 2 is 1.93 bits per heavy atom. The summed E-state index contributed by atoms with van der Waals surface area (Å²) in [7, 11) is 0. The van der Waals surface area contributed by atoms with E-state index in [1.165, 1.54) is 11.3 Å². The number of thiophene rings is 1. The molecule has 1 N–H and O–H groups in total. The van der Waals surface area contributed by atoms with Crippen molar-refractivity contribution < 1.29 is 9.59 Å². The fourth-order valence-corrected chi connectivity index (χ4v) is 5.74. The standard InChI is InChI=1S/C22H22N4O2S2/c1-13-4-8-15(9-5-13)26-18(27)11-10-16(19(26)17-3-2-12-29-17)20(28)23-22-25-24-21(30-22)14-6-7-14/h2-5,8-9,12,14,16,19H,6-7,10-11H2,1H3,(H,23,25,28). The Morgan fingerprint density at radius 3 is 2.63 bits per heavy atom. The van der Waals surface area contributed by atoms with Gasteiger partial charge in [-0.05, 0) is 49.8 Å². The van der Waals surface area contributed by atoms with Crippen molar-refractivity contribution in [3.05, 3.63) is 57.2 Å². The Morgan fingerprint density at radius 1 is 1.13 bits per heavy atom. The molecule has 3 aromatic rings. The predicted octanol–water partition coefficient (Wildman–Crippen LogP) is 4.91. The van der Waals surface area contributed by atoms with Gasteiger partial charge in [-0.15, -0.1) is 21.5 Å². The monoisotopic (exact) mass is 438 g/mol. The van der Waals surface area contributed by atoms with E-state index < -0.39 is 0 Å². The molecule has 1 aliphatic heterocycles. The largest absolute Gasteiger partial charge is 0.303 e. The number of carbonyl (C=O) groups is 2.